The fraction of sp³-hybridized carbons (Fsp3) is 0.455. The molecule has 0 aliphatic carbocycles. The molecule has 0 radical (unpaired) electrons. The van der Waals surface area contributed by atoms with Crippen LogP contribution in [0.3, 0.4) is 0 Å². The summed E-state index contributed by atoms with van der Waals surface area (Å²) in [5.74, 6) is 0.709. The van der Waals surface area contributed by atoms with Crippen molar-refractivity contribution in [2.45, 2.75) is 23.8 Å². The second-order valence-electron chi connectivity index (χ2n) is 7.87. The highest BCUT2D eigenvalue weighted by Gasteiger charge is 2.35. The van der Waals surface area contributed by atoms with Crippen LogP contribution in [-0.2, 0) is 27.5 Å². The lowest BCUT2D eigenvalue weighted by atomic mass is 10.2. The quantitative estimate of drug-likeness (QED) is 0.545. The van der Waals surface area contributed by atoms with E-state index in [0.29, 0.717) is 31.5 Å². The number of piperazine rings is 1. The van der Waals surface area contributed by atoms with Gasteiger partial charge in [-0.05, 0) is 35.9 Å². The van der Waals surface area contributed by atoms with Crippen LogP contribution in [0.2, 0.25) is 5.02 Å². The summed E-state index contributed by atoms with van der Waals surface area (Å²) in [6.45, 7) is 1.41. The lowest BCUT2D eigenvalue weighted by Crippen LogP contribution is -2.50. The summed E-state index contributed by atoms with van der Waals surface area (Å²) < 4.78 is 76.7. The van der Waals surface area contributed by atoms with Crippen molar-refractivity contribution >= 4 is 21.6 Å². The van der Waals surface area contributed by atoms with E-state index in [1.54, 1.807) is 7.11 Å². The van der Waals surface area contributed by atoms with Gasteiger partial charge in [-0.1, -0.05) is 23.7 Å². The van der Waals surface area contributed by atoms with Crippen LogP contribution in [-0.4, -0.2) is 75.3 Å². The number of rotatable bonds is 9. The zero-order valence-corrected chi connectivity index (χ0v) is 20.0. The van der Waals surface area contributed by atoms with Crippen molar-refractivity contribution in [2.75, 3.05) is 46.4 Å². The van der Waals surface area contributed by atoms with Crippen LogP contribution in [0.1, 0.15) is 11.1 Å². The normalized spacial score (nSPS) is 17.0. The number of methoxy groups -OCH3 is 1. The fourth-order valence-electron chi connectivity index (χ4n) is 3.59. The Morgan fingerprint density at radius 2 is 1.82 bits per heavy atom. The Morgan fingerprint density at radius 1 is 1.12 bits per heavy atom. The monoisotopic (exact) mass is 522 g/mol. The number of hydrogen-bond acceptors (Lipinski definition) is 6. The first-order valence-corrected chi connectivity index (χ1v) is 12.3. The van der Waals surface area contributed by atoms with E-state index >= 15 is 0 Å². The molecule has 188 valence electrons. The van der Waals surface area contributed by atoms with Crippen molar-refractivity contribution in [1.29, 1.82) is 0 Å². The number of sulfonamides is 1. The molecule has 2 aromatic rings. The van der Waals surface area contributed by atoms with Crippen molar-refractivity contribution in [2.24, 2.45) is 0 Å². The Bertz CT molecular complexity index is 1080. The molecule has 2 aromatic carbocycles. The standard InChI is InChI=1S/C22H26ClF3N2O5S/c1-32-19-4-2-3-16(11-19)14-33-15-18(29)13-27-7-9-28(10-8-27)34(30,31)21-12-17(22(24,25)26)5-6-20(21)23/h2-6,11-12,18,29H,7-10,13-15H2,1H3. The average molecular weight is 523 g/mol. The minimum atomic E-state index is -4.68. The Kier molecular flexibility index (Phi) is 8.82. The van der Waals surface area contributed by atoms with E-state index in [0.717, 1.165) is 22.0 Å². The summed E-state index contributed by atoms with van der Waals surface area (Å²) >= 11 is 5.92. The van der Waals surface area contributed by atoms with Crippen molar-refractivity contribution in [3.8, 4) is 5.75 Å². The van der Waals surface area contributed by atoms with E-state index in [4.69, 9.17) is 21.1 Å². The van der Waals surface area contributed by atoms with Crippen LogP contribution in [0.25, 0.3) is 0 Å². The highest BCUT2D eigenvalue weighted by Crippen LogP contribution is 2.34. The van der Waals surface area contributed by atoms with Gasteiger partial charge in [-0.15, -0.1) is 0 Å². The molecule has 7 nitrogen and oxygen atoms in total. The van der Waals surface area contributed by atoms with E-state index < -0.39 is 32.8 Å². The lowest BCUT2D eigenvalue weighted by Gasteiger charge is -2.35. The summed E-state index contributed by atoms with van der Waals surface area (Å²) in [5.41, 5.74) is -0.176. The molecule has 1 unspecified atom stereocenters. The van der Waals surface area contributed by atoms with Gasteiger partial charge in [-0.25, -0.2) is 8.42 Å². The first kappa shape index (κ1) is 26.7. The summed E-state index contributed by atoms with van der Waals surface area (Å²) in [7, 11) is -2.63. The zero-order valence-electron chi connectivity index (χ0n) is 18.5. The molecule has 0 saturated carbocycles. The van der Waals surface area contributed by atoms with E-state index in [1.807, 2.05) is 29.2 Å². The number of hydrogen-bond donors (Lipinski definition) is 1. The molecule has 1 fully saturated rings. The number of β-amino-alcohol motifs (C(OH)–C–C–N with tert-alkyl or cyclic N) is 1. The first-order valence-electron chi connectivity index (χ1n) is 10.5. The highest BCUT2D eigenvalue weighted by molar-refractivity contribution is 7.89. The maximum Gasteiger partial charge on any atom is 0.416 e. The zero-order chi connectivity index (χ0) is 24.9. The summed E-state index contributed by atoms with van der Waals surface area (Å²) in [4.78, 5) is 1.31. The molecule has 1 aliphatic heterocycles. The number of aliphatic hydroxyl groups excluding tert-OH is 1. The van der Waals surface area contributed by atoms with Crippen LogP contribution in [0.15, 0.2) is 47.4 Å². The molecular weight excluding hydrogens is 497 g/mol. The molecule has 12 heteroatoms. The van der Waals surface area contributed by atoms with Gasteiger partial charge >= 0.3 is 6.18 Å². The molecule has 0 aromatic heterocycles. The minimum absolute atomic E-state index is 0.0618. The number of alkyl halides is 3. The molecule has 1 atom stereocenters. The van der Waals surface area contributed by atoms with Crippen LogP contribution in [0, 0.1) is 0 Å². The van der Waals surface area contributed by atoms with Gasteiger partial charge in [0.1, 0.15) is 10.6 Å². The van der Waals surface area contributed by atoms with Crippen LogP contribution < -0.4 is 4.74 Å². The van der Waals surface area contributed by atoms with Crippen molar-refractivity contribution < 1.29 is 36.2 Å². The Labute approximate surface area is 201 Å². The van der Waals surface area contributed by atoms with Gasteiger partial charge in [0.15, 0.2) is 0 Å². The SMILES string of the molecule is COc1cccc(COCC(O)CN2CCN(S(=O)(=O)c3cc(C(F)(F)F)ccc3Cl)CC2)c1. The molecule has 1 N–H and O–H groups in total. The van der Waals surface area contributed by atoms with Gasteiger partial charge in [0, 0.05) is 32.7 Å². The predicted molar refractivity (Wildman–Crippen MR) is 120 cm³/mol. The van der Waals surface area contributed by atoms with Gasteiger partial charge in [0.25, 0.3) is 0 Å². The van der Waals surface area contributed by atoms with Crippen molar-refractivity contribution in [3.63, 3.8) is 0 Å². The summed E-state index contributed by atoms with van der Waals surface area (Å²) in [6, 6.07) is 9.63. The van der Waals surface area contributed by atoms with Crippen molar-refractivity contribution in [1.82, 2.24) is 9.21 Å². The van der Waals surface area contributed by atoms with Gasteiger partial charge in [0.2, 0.25) is 10.0 Å². The van der Waals surface area contributed by atoms with E-state index in [1.165, 1.54) is 0 Å². The molecule has 3 rings (SSSR count). The van der Waals surface area contributed by atoms with E-state index in [2.05, 4.69) is 0 Å². The molecule has 34 heavy (non-hydrogen) atoms. The average Bonchev–Trinajstić information content (AvgIpc) is 2.79. The van der Waals surface area contributed by atoms with Crippen LogP contribution in [0.5, 0.6) is 5.75 Å². The van der Waals surface area contributed by atoms with Gasteiger partial charge in [-0.3, -0.25) is 4.90 Å². The topological polar surface area (TPSA) is 79.3 Å². The van der Waals surface area contributed by atoms with Crippen LogP contribution in [0.4, 0.5) is 13.2 Å². The molecule has 1 aliphatic rings. The number of nitrogens with zero attached hydrogens (tertiary/aromatic N) is 2. The highest BCUT2D eigenvalue weighted by atomic mass is 35.5. The van der Waals surface area contributed by atoms with E-state index in [-0.39, 0.29) is 31.3 Å². The van der Waals surface area contributed by atoms with Crippen molar-refractivity contribution in [3.05, 3.63) is 58.6 Å². The number of benzene rings is 2. The van der Waals surface area contributed by atoms with Gasteiger partial charge in [-0.2, -0.15) is 17.5 Å². The molecule has 1 saturated heterocycles. The Balaban J connectivity index is 1.51. The third kappa shape index (κ3) is 6.83. The first-order chi connectivity index (χ1) is 16.0. The van der Waals surface area contributed by atoms with Gasteiger partial charge < -0.3 is 14.6 Å². The maximum absolute atomic E-state index is 13.0. The van der Waals surface area contributed by atoms with E-state index in [9.17, 15) is 26.7 Å². The second-order valence-corrected chi connectivity index (χ2v) is 10.2. The molecule has 1 heterocycles. The maximum atomic E-state index is 13.0. The van der Waals surface area contributed by atoms with Crippen LogP contribution >= 0.6 is 11.6 Å². The second kappa shape index (κ2) is 11.2. The third-order valence-electron chi connectivity index (χ3n) is 5.39. The molecule has 0 amide bonds. The Morgan fingerprint density at radius 3 is 2.47 bits per heavy atom. The number of ether oxygens (including phenoxy) is 2. The predicted octanol–water partition coefficient (Wildman–Crippen LogP) is 3.25. The van der Waals surface area contributed by atoms with Gasteiger partial charge in [0.05, 0.1) is 37.0 Å². The largest absolute Gasteiger partial charge is 0.497 e. The summed E-state index contributed by atoms with van der Waals surface area (Å²) in [5, 5.41) is 10.0. The smallest absolute Gasteiger partial charge is 0.416 e. The number of halogens is 4. The number of aliphatic hydroxyl groups is 1. The molecular formula is C22H26ClF3N2O5S. The Hall–Kier alpha value is -1.89. The molecule has 0 bridgehead atoms. The minimum Gasteiger partial charge on any atom is -0.497 e. The third-order valence-corrected chi connectivity index (χ3v) is 7.77. The lowest BCUT2D eigenvalue weighted by molar-refractivity contribution is -0.137. The molecule has 0 spiro atoms. The summed E-state index contributed by atoms with van der Waals surface area (Å²) in [6.07, 6.45) is -5.47. The fourth-order valence-corrected chi connectivity index (χ4v) is 5.52.